The molecule has 8 fully saturated rings. The van der Waals surface area contributed by atoms with Crippen LogP contribution >= 0.6 is 0 Å². The number of nitrogens with two attached hydrogens (primary N) is 15. The number of ether oxygens (including phenoxy) is 12. The van der Waals surface area contributed by atoms with Gasteiger partial charge in [-0.2, -0.15) is 0 Å². The first-order valence-corrected chi connectivity index (χ1v) is 38.3. The number of benzene rings is 1. The van der Waals surface area contributed by atoms with Crippen LogP contribution in [0.1, 0.15) is 42.5 Å². The highest BCUT2D eigenvalue weighted by Gasteiger charge is 2.58. The molecule has 1 aromatic carbocycles. The minimum absolute atomic E-state index is 0.0465. The van der Waals surface area contributed by atoms with Gasteiger partial charge in [0, 0.05) is 86.5 Å². The van der Waals surface area contributed by atoms with Gasteiger partial charge in [-0.05, 0) is 43.9 Å². The molecule has 8 aliphatic rings. The fourth-order valence-electron chi connectivity index (χ4n) is 15.4. The van der Waals surface area contributed by atoms with Crippen molar-refractivity contribution in [1.29, 1.82) is 0 Å². The summed E-state index contributed by atoms with van der Waals surface area (Å²) < 4.78 is 76.8. The topological polar surface area (TPSA) is 893 Å². The van der Waals surface area contributed by atoms with Gasteiger partial charge in [0.1, 0.15) is 152 Å². The van der Waals surface area contributed by atoms with E-state index >= 15 is 0 Å². The number of aromatic nitrogens is 6. The number of hydrogen-bond acceptors (Lipinski definition) is 44. The number of carbonyl (C=O) groups is 3. The average Bonchev–Trinajstić information content (AvgIpc) is 1.74. The summed E-state index contributed by atoms with van der Waals surface area (Å²) in [6, 6.07) is -6.69. The maximum atomic E-state index is 14.5. The molecule has 6 aliphatic heterocycles. The maximum Gasteiger partial charge on any atom is 0.251 e. The Labute approximate surface area is 667 Å². The molecule has 6 saturated heterocycles. The molecule has 51 heteroatoms. The van der Waals surface area contributed by atoms with E-state index in [1.807, 2.05) is 0 Å². The molecule has 39 atom stereocenters. The predicted molar refractivity (Wildman–Crippen MR) is 395 cm³/mol. The van der Waals surface area contributed by atoms with Gasteiger partial charge in [-0.25, -0.2) is 9.36 Å². The zero-order chi connectivity index (χ0) is 85.0. The fourth-order valence-corrected chi connectivity index (χ4v) is 15.4. The van der Waals surface area contributed by atoms with Crippen molar-refractivity contribution in [3.8, 4) is 22.5 Å². The van der Waals surface area contributed by atoms with Crippen LogP contribution in [0.25, 0.3) is 22.5 Å². The van der Waals surface area contributed by atoms with Crippen molar-refractivity contribution in [3.63, 3.8) is 0 Å². The number of nitrogens with zero attached hydrogens (tertiary/aromatic N) is 7. The van der Waals surface area contributed by atoms with E-state index in [1.54, 1.807) is 0 Å². The Hall–Kier alpha value is -6.26. The van der Waals surface area contributed by atoms with Gasteiger partial charge in [0.25, 0.3) is 5.91 Å². The van der Waals surface area contributed by atoms with Crippen LogP contribution < -0.4 is 96.6 Å². The molecule has 660 valence electrons. The minimum Gasteiger partial charge on any atom is -0.389 e. The Morgan fingerprint density at radius 1 is 0.453 bits per heavy atom. The van der Waals surface area contributed by atoms with E-state index in [1.165, 1.54) is 40.0 Å². The molecule has 3 amide bonds. The molecule has 2 aliphatic carbocycles. The van der Waals surface area contributed by atoms with Gasteiger partial charge in [0.2, 0.25) is 11.8 Å². The van der Waals surface area contributed by atoms with Crippen LogP contribution in [0.2, 0.25) is 0 Å². The number of aliphatic hydroxyl groups is 12. The fraction of sp³-hybridized carbons (Fsp3) is 0.788. The van der Waals surface area contributed by atoms with Crippen molar-refractivity contribution in [3.05, 3.63) is 36.2 Å². The van der Waals surface area contributed by atoms with Crippen LogP contribution in [0.4, 0.5) is 0 Å². The summed E-state index contributed by atoms with van der Waals surface area (Å²) in [5.41, 5.74) is 91.6. The first-order valence-electron chi connectivity index (χ1n) is 38.3. The average molecular weight is 1680 g/mol. The van der Waals surface area contributed by atoms with Gasteiger partial charge in [0.15, 0.2) is 43.7 Å². The van der Waals surface area contributed by atoms with Gasteiger partial charge in [-0.3, -0.25) is 19.4 Å². The second-order valence-corrected chi connectivity index (χ2v) is 30.6. The van der Waals surface area contributed by atoms with Crippen molar-refractivity contribution in [2.75, 3.05) is 39.3 Å². The number of rotatable bonds is 32. The number of hydrogen-bond donors (Lipinski definition) is 29. The van der Waals surface area contributed by atoms with Crippen LogP contribution in [0.15, 0.2) is 35.6 Å². The lowest BCUT2D eigenvalue weighted by molar-refractivity contribution is -0.306. The van der Waals surface area contributed by atoms with E-state index in [0.717, 1.165) is 0 Å². The highest BCUT2D eigenvalue weighted by atomic mass is 16.8. The number of primary amides is 1. The molecular weight excluding hydrogens is 1560 g/mol. The second kappa shape index (κ2) is 39.7. The second-order valence-electron chi connectivity index (χ2n) is 30.6. The van der Waals surface area contributed by atoms with Crippen molar-refractivity contribution >= 4 is 23.7 Å². The van der Waals surface area contributed by atoms with Crippen molar-refractivity contribution in [2.24, 2.45) is 91.0 Å². The summed E-state index contributed by atoms with van der Waals surface area (Å²) in [6.07, 6.45) is -43.3. The Morgan fingerprint density at radius 3 is 1.15 bits per heavy atom. The van der Waals surface area contributed by atoms with E-state index in [2.05, 4.69) is 36.3 Å². The van der Waals surface area contributed by atoms with Gasteiger partial charge < -0.3 is 215 Å². The molecule has 8 heterocycles. The molecule has 0 spiro atoms. The molecule has 11 rings (SSSR count). The zero-order valence-electron chi connectivity index (χ0n) is 63.4. The van der Waals surface area contributed by atoms with E-state index in [0.29, 0.717) is 0 Å². The molecule has 117 heavy (non-hydrogen) atoms. The number of guanidine groups is 1. The summed E-state index contributed by atoms with van der Waals surface area (Å²) >= 11 is 0. The first-order chi connectivity index (χ1) is 55.5. The lowest BCUT2D eigenvalue weighted by atomic mass is 9.84. The number of aliphatic imine (C=N–C) groups is 1. The summed E-state index contributed by atoms with van der Waals surface area (Å²) in [4.78, 5) is 44.0. The smallest absolute Gasteiger partial charge is 0.251 e. The third-order valence-corrected chi connectivity index (χ3v) is 22.2. The number of aliphatic hydroxyl groups excluding tert-OH is 12. The van der Waals surface area contributed by atoms with Crippen LogP contribution in [0.3, 0.4) is 0 Å². The number of nitrogens with one attached hydrogen (secondary N) is 2. The Bertz CT molecular complexity index is 3560. The standard InChI is InChI=1S/C66H114N24O27/c67-11-29-42(94)46(98)36(75)60(106-29)112-52-24(73)9-22(71)40(92)56(52)116-64-50(102)54(114-62-38(77)48(100)44(96)31(13-69)108-62)33(110-64)17-89-15-27(85-87-89)19-6-20(8-21(7-19)59(105)82-5-3-35(91)84-26(58(79)104)2-1-4-83-66(80)81)28-16-90(88-86-28)18-34-55(115-63-39(78)49(101)45(97)32(14-70)109-63)51(103)65(111-34)117-57-41(93)23(72)10-25(74)53(57)113-61-37(76)47(99)43(95)30(12-68)107-61/h6-8,15-16,22-26,29-34,36-57,60-65,92-103H,1-5,9-14,17-18,67-78H2,(H2,79,104)(H,82,105)(H,84,91)(H4,80,81,83)/t22-,23-,24+,25+,26?,29-,30-,31+,32+,33-,34-,36-,37-,38-,39-,40+,41+,42-,43-,44-,45-,46-,47-,48-,49-,50-,51-,52-,53-,54-,55-,56-,57-,60-,61-,62-,63-,64+,65+/m1/s1. The zero-order valence-corrected chi connectivity index (χ0v) is 63.4. The highest BCUT2D eigenvalue weighted by Crippen LogP contribution is 2.39. The van der Waals surface area contributed by atoms with Crippen molar-refractivity contribution in [1.82, 2.24) is 40.6 Å². The SMILES string of the molecule is NC[C@@H]1O[C@H](O[C@H]2[C@@H](O)[C@H](O[C@@H]3[C@@H](O)[C@H](N)C[C@H](N)[C@H]3O[C@H]3O[C@H](CN)[C@@H](O)[C@H](O)[C@H]3N)O[C@@H]2Cn2cc(-c3cc(C(=O)NCCC(=O)NC(CCCN=C(N)N)C(N)=O)cc(-c4cn(C[C@H]5O[C@@H](O[C@@H]6[C@@H](O)[C@H](N)C[C@H](N)[C@H]6O[C@H]6O[C@H](CN)[C@@H](O)[C@H](O)[C@H]6N)[C@H](O)[C@@H]5O[C@H]5O[C@@H](CN)[C@@H](O)[C@H](O)[C@H]5N)nn4)c3)nn2)[C@H](N)[C@@H](O)[C@@H]1O. The molecule has 2 aromatic heterocycles. The van der Waals surface area contributed by atoms with Crippen molar-refractivity contribution < 1.29 is 133 Å². The molecule has 3 aromatic rings. The van der Waals surface area contributed by atoms with E-state index < -0.39 is 269 Å². The van der Waals surface area contributed by atoms with Crippen LogP contribution in [-0.4, -0.2) is 393 Å². The van der Waals surface area contributed by atoms with E-state index in [9.17, 15) is 75.7 Å². The van der Waals surface area contributed by atoms with Crippen LogP contribution in [0, 0.1) is 0 Å². The van der Waals surface area contributed by atoms with E-state index in [4.69, 9.17) is 143 Å². The summed E-state index contributed by atoms with van der Waals surface area (Å²) in [7, 11) is 0. The third-order valence-electron chi connectivity index (χ3n) is 22.2. The lowest BCUT2D eigenvalue weighted by Crippen LogP contribution is -2.68. The highest BCUT2D eigenvalue weighted by molar-refractivity contribution is 5.97. The Balaban J connectivity index is 0.892. The third kappa shape index (κ3) is 20.6. The molecule has 2 saturated carbocycles. The predicted octanol–water partition coefficient (Wildman–Crippen LogP) is -18.4. The molecule has 0 radical (unpaired) electrons. The largest absolute Gasteiger partial charge is 0.389 e. The Kier molecular flexibility index (Phi) is 31.1. The Morgan fingerprint density at radius 2 is 0.803 bits per heavy atom. The molecule has 0 bridgehead atoms. The number of carbonyl (C=O) groups excluding carboxylic acids is 3. The van der Waals surface area contributed by atoms with Crippen LogP contribution in [0.5, 0.6) is 0 Å². The summed E-state index contributed by atoms with van der Waals surface area (Å²) in [5.74, 6) is -2.45. The van der Waals surface area contributed by atoms with Crippen molar-refractivity contribution in [2.45, 2.75) is 284 Å². The summed E-state index contributed by atoms with van der Waals surface area (Å²) in [5, 5.41) is 158. The van der Waals surface area contributed by atoms with Crippen LogP contribution in [-0.2, 0) is 79.5 Å². The van der Waals surface area contributed by atoms with Gasteiger partial charge in [-0.15, -0.1) is 10.2 Å². The monoisotopic (exact) mass is 1670 g/mol. The molecular formula is C66H114N24O27. The van der Waals surface area contributed by atoms with Gasteiger partial charge in [-0.1, -0.05) is 10.4 Å². The summed E-state index contributed by atoms with van der Waals surface area (Å²) in [6.45, 7) is -2.14. The quantitative estimate of drug-likeness (QED) is 0.0157. The lowest BCUT2D eigenvalue weighted by Gasteiger charge is -2.47. The van der Waals surface area contributed by atoms with Gasteiger partial charge in [0.05, 0.1) is 61.9 Å². The first kappa shape index (κ1) is 91.5. The minimum atomic E-state index is -1.87. The molecule has 44 N–H and O–H groups in total. The van der Waals surface area contributed by atoms with Gasteiger partial charge >= 0.3 is 0 Å². The van der Waals surface area contributed by atoms with E-state index in [-0.39, 0.29) is 105 Å². The molecule has 1 unspecified atom stereocenters. The maximum absolute atomic E-state index is 14.5. The molecule has 51 nitrogen and oxygen atoms in total. The normalized spacial score (nSPS) is 42.2. The number of amides is 3.